The molecule has 0 spiro atoms. The number of carbonyl (C=O) groups excluding carboxylic acids is 1. The minimum atomic E-state index is -0.864. The maximum atomic E-state index is 11.8. The lowest BCUT2D eigenvalue weighted by molar-refractivity contribution is -0.140. The van der Waals surface area contributed by atoms with Crippen LogP contribution in [0.1, 0.15) is 47.0 Å². The van der Waals surface area contributed by atoms with Gasteiger partial charge < -0.3 is 9.84 Å². The standard InChI is InChI=1S/C16H28O4S/c1-10(2)13-6-5-11(3)7-14(13)20-8-15(17)21-9-12(4)16(18)19/h10-14H,5-9H2,1-4H3,(H,18,19). The zero-order valence-corrected chi connectivity index (χ0v) is 14.3. The highest BCUT2D eigenvalue weighted by Crippen LogP contribution is 2.35. The summed E-state index contributed by atoms with van der Waals surface area (Å²) in [4.78, 5) is 22.5. The molecule has 0 radical (unpaired) electrons. The molecule has 0 aromatic rings. The van der Waals surface area contributed by atoms with Crippen molar-refractivity contribution < 1.29 is 19.4 Å². The van der Waals surface area contributed by atoms with Gasteiger partial charge in [0.2, 0.25) is 5.12 Å². The summed E-state index contributed by atoms with van der Waals surface area (Å²) < 4.78 is 5.86. The molecule has 0 bridgehead atoms. The third-order valence-electron chi connectivity index (χ3n) is 4.29. The van der Waals surface area contributed by atoms with Crippen LogP contribution in [-0.4, -0.2) is 34.7 Å². The number of aliphatic carboxylic acids is 1. The predicted octanol–water partition coefficient (Wildman–Crippen LogP) is 3.44. The van der Waals surface area contributed by atoms with Gasteiger partial charge in [0.25, 0.3) is 0 Å². The van der Waals surface area contributed by atoms with E-state index in [1.54, 1.807) is 6.92 Å². The van der Waals surface area contributed by atoms with Crippen molar-refractivity contribution in [2.45, 2.75) is 53.1 Å². The maximum Gasteiger partial charge on any atom is 0.307 e. The summed E-state index contributed by atoms with van der Waals surface area (Å²) in [6.07, 6.45) is 3.59. The van der Waals surface area contributed by atoms with Gasteiger partial charge in [0.05, 0.1) is 12.0 Å². The summed E-state index contributed by atoms with van der Waals surface area (Å²) >= 11 is 1.07. The van der Waals surface area contributed by atoms with Crippen molar-refractivity contribution in [2.24, 2.45) is 23.7 Å². The van der Waals surface area contributed by atoms with Crippen molar-refractivity contribution in [3.05, 3.63) is 0 Å². The number of carboxylic acid groups (broad SMARTS) is 1. The van der Waals surface area contributed by atoms with Crippen molar-refractivity contribution in [1.29, 1.82) is 0 Å². The Kier molecular flexibility index (Phi) is 7.74. The lowest BCUT2D eigenvalue weighted by Crippen LogP contribution is -2.35. The number of rotatable bonds is 7. The van der Waals surface area contributed by atoms with Crippen molar-refractivity contribution in [2.75, 3.05) is 12.4 Å². The molecule has 122 valence electrons. The Morgan fingerprint density at radius 3 is 2.52 bits per heavy atom. The van der Waals surface area contributed by atoms with E-state index in [1.165, 1.54) is 12.8 Å². The fourth-order valence-corrected chi connectivity index (χ4v) is 3.54. The first kappa shape index (κ1) is 18.5. The van der Waals surface area contributed by atoms with Crippen LogP contribution >= 0.6 is 11.8 Å². The Hall–Kier alpha value is -0.550. The molecule has 1 aliphatic rings. The van der Waals surface area contributed by atoms with Gasteiger partial charge in [-0.2, -0.15) is 0 Å². The molecule has 4 atom stereocenters. The van der Waals surface area contributed by atoms with E-state index in [4.69, 9.17) is 9.84 Å². The summed E-state index contributed by atoms with van der Waals surface area (Å²) in [5.41, 5.74) is 0. The summed E-state index contributed by atoms with van der Waals surface area (Å²) in [7, 11) is 0. The molecule has 0 saturated heterocycles. The van der Waals surface area contributed by atoms with Gasteiger partial charge in [0.1, 0.15) is 6.61 Å². The molecule has 0 aromatic heterocycles. The largest absolute Gasteiger partial charge is 0.481 e. The molecule has 0 heterocycles. The third kappa shape index (κ3) is 6.39. The fourth-order valence-electron chi connectivity index (χ4n) is 2.81. The molecule has 1 aliphatic carbocycles. The van der Waals surface area contributed by atoms with Crippen molar-refractivity contribution in [3.63, 3.8) is 0 Å². The molecule has 1 N–H and O–H groups in total. The van der Waals surface area contributed by atoms with E-state index in [0.29, 0.717) is 23.5 Å². The number of ether oxygens (including phenoxy) is 1. The molecule has 0 aliphatic heterocycles. The van der Waals surface area contributed by atoms with Crippen LogP contribution in [0.25, 0.3) is 0 Å². The molecule has 0 amide bonds. The number of hydrogen-bond donors (Lipinski definition) is 1. The molecular weight excluding hydrogens is 288 g/mol. The van der Waals surface area contributed by atoms with Gasteiger partial charge in [0.15, 0.2) is 0 Å². The van der Waals surface area contributed by atoms with Crippen LogP contribution in [0.5, 0.6) is 0 Å². The second-order valence-corrected chi connectivity index (χ2v) is 7.68. The van der Waals surface area contributed by atoms with Crippen molar-refractivity contribution in [3.8, 4) is 0 Å². The van der Waals surface area contributed by atoms with Gasteiger partial charge in [-0.15, -0.1) is 0 Å². The number of thioether (sulfide) groups is 1. The van der Waals surface area contributed by atoms with Gasteiger partial charge in [0, 0.05) is 5.75 Å². The molecule has 5 heteroatoms. The van der Waals surface area contributed by atoms with Gasteiger partial charge in [-0.05, 0) is 30.6 Å². The highest BCUT2D eigenvalue weighted by atomic mass is 32.2. The first-order valence-corrected chi connectivity index (χ1v) is 8.79. The van der Waals surface area contributed by atoms with E-state index in [0.717, 1.165) is 18.2 Å². The number of carboxylic acids is 1. The first-order valence-electron chi connectivity index (χ1n) is 7.81. The molecule has 4 unspecified atom stereocenters. The Morgan fingerprint density at radius 2 is 1.95 bits per heavy atom. The van der Waals surface area contributed by atoms with Crippen LogP contribution in [0.2, 0.25) is 0 Å². The van der Waals surface area contributed by atoms with Crippen LogP contribution in [0.4, 0.5) is 0 Å². The first-order chi connectivity index (χ1) is 9.81. The summed E-state index contributed by atoms with van der Waals surface area (Å²) in [5.74, 6) is 0.690. The van der Waals surface area contributed by atoms with Crippen LogP contribution in [0, 0.1) is 23.7 Å². The Morgan fingerprint density at radius 1 is 1.29 bits per heavy atom. The Bertz CT molecular complexity index is 356. The SMILES string of the molecule is CC1CCC(C(C)C)C(OCC(=O)SCC(C)C(=O)O)C1. The predicted molar refractivity (Wildman–Crippen MR) is 85.3 cm³/mol. The van der Waals surface area contributed by atoms with Gasteiger partial charge >= 0.3 is 5.97 Å². The van der Waals surface area contributed by atoms with Crippen LogP contribution in [0.15, 0.2) is 0 Å². The topological polar surface area (TPSA) is 63.6 Å². The monoisotopic (exact) mass is 316 g/mol. The molecule has 21 heavy (non-hydrogen) atoms. The molecule has 1 saturated carbocycles. The van der Waals surface area contributed by atoms with E-state index in [1.807, 2.05) is 0 Å². The third-order valence-corrected chi connectivity index (χ3v) is 5.40. The van der Waals surface area contributed by atoms with Crippen LogP contribution in [0.3, 0.4) is 0 Å². The number of hydrogen-bond acceptors (Lipinski definition) is 4. The summed E-state index contributed by atoms with van der Waals surface area (Å²) in [6.45, 7) is 8.36. The lowest BCUT2D eigenvalue weighted by atomic mass is 9.75. The van der Waals surface area contributed by atoms with Gasteiger partial charge in [-0.1, -0.05) is 45.9 Å². The van der Waals surface area contributed by atoms with Crippen molar-refractivity contribution >= 4 is 22.8 Å². The van der Waals surface area contributed by atoms with E-state index in [2.05, 4.69) is 20.8 Å². The summed E-state index contributed by atoms with van der Waals surface area (Å²) in [6, 6.07) is 0. The zero-order chi connectivity index (χ0) is 16.0. The molecule has 4 nitrogen and oxygen atoms in total. The van der Waals surface area contributed by atoms with E-state index in [-0.39, 0.29) is 17.8 Å². The molecular formula is C16H28O4S. The van der Waals surface area contributed by atoms with Gasteiger partial charge in [-0.25, -0.2) is 0 Å². The Labute approximate surface area is 132 Å². The van der Waals surface area contributed by atoms with Crippen LogP contribution < -0.4 is 0 Å². The van der Waals surface area contributed by atoms with Gasteiger partial charge in [-0.3, -0.25) is 9.59 Å². The second kappa shape index (κ2) is 8.79. The minimum absolute atomic E-state index is 0.0659. The summed E-state index contributed by atoms with van der Waals surface area (Å²) in [5, 5.41) is 8.73. The molecule has 0 aromatic carbocycles. The zero-order valence-electron chi connectivity index (χ0n) is 13.5. The molecule has 1 rings (SSSR count). The van der Waals surface area contributed by atoms with Crippen LogP contribution in [-0.2, 0) is 14.3 Å². The average Bonchev–Trinajstić information content (AvgIpc) is 2.41. The van der Waals surface area contributed by atoms with E-state index in [9.17, 15) is 9.59 Å². The Balaban J connectivity index is 2.37. The van der Waals surface area contributed by atoms with E-state index >= 15 is 0 Å². The highest BCUT2D eigenvalue weighted by molar-refractivity contribution is 8.13. The fraction of sp³-hybridized carbons (Fsp3) is 0.875. The quantitative estimate of drug-likeness (QED) is 0.779. The minimum Gasteiger partial charge on any atom is -0.481 e. The van der Waals surface area contributed by atoms with E-state index < -0.39 is 11.9 Å². The molecule has 1 fully saturated rings. The second-order valence-electron chi connectivity index (χ2n) is 6.60. The smallest absolute Gasteiger partial charge is 0.307 e. The number of carbonyl (C=O) groups is 2. The van der Waals surface area contributed by atoms with Crippen molar-refractivity contribution in [1.82, 2.24) is 0 Å². The maximum absolute atomic E-state index is 11.8. The lowest BCUT2D eigenvalue weighted by Gasteiger charge is -2.37. The average molecular weight is 316 g/mol. The highest BCUT2D eigenvalue weighted by Gasteiger charge is 2.31. The normalized spacial score (nSPS) is 27.6.